The van der Waals surface area contributed by atoms with E-state index < -0.39 is 5.82 Å². The first-order valence-corrected chi connectivity index (χ1v) is 6.48. The highest BCUT2D eigenvalue weighted by Crippen LogP contribution is 2.14. The first-order valence-electron chi connectivity index (χ1n) is 6.48. The molecule has 0 bridgehead atoms. The number of aldehydes is 1. The lowest BCUT2D eigenvalue weighted by molar-refractivity contribution is 0.112. The van der Waals surface area contributed by atoms with Crippen LogP contribution in [0.15, 0.2) is 18.5 Å². The van der Waals surface area contributed by atoms with Crippen molar-refractivity contribution in [1.29, 1.82) is 5.26 Å². The first-order chi connectivity index (χ1) is 11.2. The van der Waals surface area contributed by atoms with E-state index in [0.717, 1.165) is 6.20 Å². The molecule has 7 nitrogen and oxygen atoms in total. The van der Waals surface area contributed by atoms with Crippen LogP contribution in [0.2, 0.25) is 0 Å². The monoisotopic (exact) mass is 308 g/mol. The number of H-pyrrole nitrogens is 1. The summed E-state index contributed by atoms with van der Waals surface area (Å²) in [5.74, 6) is 5.09. The molecule has 0 amide bonds. The third-order valence-electron chi connectivity index (χ3n) is 3.19. The summed E-state index contributed by atoms with van der Waals surface area (Å²) in [4.78, 5) is 15.1. The van der Waals surface area contributed by atoms with Crippen molar-refractivity contribution in [2.45, 2.75) is 0 Å². The molecule has 0 aliphatic heterocycles. The third kappa shape index (κ3) is 2.39. The quantitative estimate of drug-likeness (QED) is 0.549. The zero-order chi connectivity index (χ0) is 16.4. The molecule has 112 valence electrons. The van der Waals surface area contributed by atoms with Crippen LogP contribution in [-0.4, -0.2) is 32.9 Å². The molecular formula is C15H9FN6O. The van der Waals surface area contributed by atoms with Gasteiger partial charge in [-0.15, -0.1) is 0 Å². The van der Waals surface area contributed by atoms with Crippen LogP contribution in [0, 0.1) is 29.0 Å². The van der Waals surface area contributed by atoms with Gasteiger partial charge in [0.15, 0.2) is 17.9 Å². The molecule has 3 aromatic heterocycles. The molecule has 0 aromatic carbocycles. The minimum atomic E-state index is -0.597. The number of carbonyl (C=O) groups is 1. The van der Waals surface area contributed by atoms with Crippen LogP contribution in [0.4, 0.5) is 10.2 Å². The van der Waals surface area contributed by atoms with E-state index in [4.69, 9.17) is 5.26 Å². The van der Waals surface area contributed by atoms with Gasteiger partial charge in [0.1, 0.15) is 23.1 Å². The van der Waals surface area contributed by atoms with Crippen LogP contribution in [0.3, 0.4) is 0 Å². The number of halogens is 1. The van der Waals surface area contributed by atoms with Crippen LogP contribution < -0.4 is 5.32 Å². The van der Waals surface area contributed by atoms with Gasteiger partial charge in [-0.05, 0) is 5.92 Å². The van der Waals surface area contributed by atoms with E-state index in [1.165, 1.54) is 16.7 Å². The van der Waals surface area contributed by atoms with E-state index in [1.54, 1.807) is 7.05 Å². The molecule has 3 rings (SSSR count). The summed E-state index contributed by atoms with van der Waals surface area (Å²) >= 11 is 0. The highest BCUT2D eigenvalue weighted by Gasteiger charge is 2.10. The molecule has 0 aliphatic carbocycles. The maximum absolute atomic E-state index is 14.1. The Morgan fingerprint density at radius 2 is 2.30 bits per heavy atom. The van der Waals surface area contributed by atoms with Gasteiger partial charge in [-0.1, -0.05) is 5.92 Å². The topological polar surface area (TPSA) is 98.9 Å². The van der Waals surface area contributed by atoms with Gasteiger partial charge in [0.25, 0.3) is 0 Å². The lowest BCUT2D eigenvalue weighted by Crippen LogP contribution is -1.94. The van der Waals surface area contributed by atoms with Crippen molar-refractivity contribution in [2.24, 2.45) is 0 Å². The van der Waals surface area contributed by atoms with Gasteiger partial charge >= 0.3 is 0 Å². The number of aromatic amines is 1. The number of rotatable bonds is 2. The molecule has 0 unspecified atom stereocenters. The summed E-state index contributed by atoms with van der Waals surface area (Å²) in [5.41, 5.74) is 1.29. The number of carbonyl (C=O) groups excluding carboxylic acids is 1. The van der Waals surface area contributed by atoms with Gasteiger partial charge in [0.2, 0.25) is 0 Å². The van der Waals surface area contributed by atoms with Gasteiger partial charge in [0.05, 0.1) is 17.3 Å². The molecular weight excluding hydrogens is 299 g/mol. The average Bonchev–Trinajstić information content (AvgIpc) is 3.14. The fraction of sp³-hybridized carbons (Fsp3) is 0.0667. The summed E-state index contributed by atoms with van der Waals surface area (Å²) in [6.45, 7) is 0. The number of nitrogens with one attached hydrogen (secondary N) is 2. The van der Waals surface area contributed by atoms with E-state index in [2.05, 4.69) is 32.3 Å². The van der Waals surface area contributed by atoms with Crippen molar-refractivity contribution in [2.75, 3.05) is 12.4 Å². The zero-order valence-electron chi connectivity index (χ0n) is 11.9. The Balaban J connectivity index is 2.06. The minimum Gasteiger partial charge on any atom is -0.371 e. The lowest BCUT2D eigenvalue weighted by atomic mass is 10.2. The Morgan fingerprint density at radius 3 is 3.00 bits per heavy atom. The second kappa shape index (κ2) is 5.62. The lowest BCUT2D eigenvalue weighted by Gasteiger charge is -1.98. The number of hydrogen-bond donors (Lipinski definition) is 2. The van der Waals surface area contributed by atoms with Crippen LogP contribution in [0.5, 0.6) is 0 Å². The highest BCUT2D eigenvalue weighted by molar-refractivity contribution is 5.85. The van der Waals surface area contributed by atoms with E-state index in [0.29, 0.717) is 17.8 Å². The molecule has 0 atom stereocenters. The molecule has 2 N–H and O–H groups in total. The van der Waals surface area contributed by atoms with E-state index in [-0.39, 0.29) is 22.5 Å². The van der Waals surface area contributed by atoms with Gasteiger partial charge < -0.3 is 5.32 Å². The number of imidazole rings is 1. The predicted octanol–water partition coefficient (Wildman–Crippen LogP) is 1.32. The van der Waals surface area contributed by atoms with Crippen LogP contribution in [0.1, 0.15) is 27.3 Å². The average molecular weight is 308 g/mol. The molecule has 3 aromatic rings. The van der Waals surface area contributed by atoms with Crippen molar-refractivity contribution < 1.29 is 9.18 Å². The Labute approximate surface area is 129 Å². The van der Waals surface area contributed by atoms with Crippen LogP contribution in [0.25, 0.3) is 5.65 Å². The molecule has 0 radical (unpaired) electrons. The zero-order valence-corrected chi connectivity index (χ0v) is 11.9. The molecule has 0 aliphatic rings. The minimum absolute atomic E-state index is 0.102. The molecule has 0 spiro atoms. The van der Waals surface area contributed by atoms with Crippen LogP contribution >= 0.6 is 0 Å². The van der Waals surface area contributed by atoms with Crippen molar-refractivity contribution in [1.82, 2.24) is 19.6 Å². The third-order valence-corrected chi connectivity index (χ3v) is 3.19. The fourth-order valence-corrected chi connectivity index (χ4v) is 2.06. The van der Waals surface area contributed by atoms with Crippen molar-refractivity contribution in [3.8, 4) is 17.9 Å². The van der Waals surface area contributed by atoms with Crippen molar-refractivity contribution in [3.63, 3.8) is 0 Å². The molecule has 8 heteroatoms. The number of pyridine rings is 1. The number of nitrogens with zero attached hydrogens (tertiary/aromatic N) is 4. The summed E-state index contributed by atoms with van der Waals surface area (Å²) in [5, 5.41) is 18.2. The Morgan fingerprint density at radius 1 is 1.48 bits per heavy atom. The molecule has 0 fully saturated rings. The van der Waals surface area contributed by atoms with Crippen molar-refractivity contribution >= 4 is 17.8 Å². The number of fused-ring (bicyclic) bond motifs is 1. The largest absolute Gasteiger partial charge is 0.371 e. The maximum atomic E-state index is 14.1. The number of hydrogen-bond acceptors (Lipinski definition) is 5. The first kappa shape index (κ1) is 14.3. The SMILES string of the molecule is CNc1n[nH]c(C#Cc2cc3ncc(C#N)n3cc2F)c1C=O. The Bertz CT molecular complexity index is 1010. The van der Waals surface area contributed by atoms with Gasteiger partial charge in [-0.25, -0.2) is 9.37 Å². The fourth-order valence-electron chi connectivity index (χ4n) is 2.06. The molecule has 0 saturated carbocycles. The Kier molecular flexibility index (Phi) is 3.49. The van der Waals surface area contributed by atoms with E-state index in [1.807, 2.05) is 6.07 Å². The van der Waals surface area contributed by atoms with Gasteiger partial charge in [0, 0.05) is 19.3 Å². The number of aromatic nitrogens is 4. The molecule has 23 heavy (non-hydrogen) atoms. The smallest absolute Gasteiger partial charge is 0.159 e. The van der Waals surface area contributed by atoms with E-state index in [9.17, 15) is 9.18 Å². The Hall–Kier alpha value is -3.65. The maximum Gasteiger partial charge on any atom is 0.159 e. The number of anilines is 1. The summed E-state index contributed by atoms with van der Waals surface area (Å²) in [6.07, 6.45) is 3.12. The number of nitriles is 1. The standard InChI is InChI=1S/C15H9FN6O/c1-18-15-11(8-23)13(20-21-15)3-2-9-4-14-19-6-10(5-17)22(14)7-12(9)16/h4,6-8H,1H3,(H2,18,20,21). The van der Waals surface area contributed by atoms with Crippen molar-refractivity contribution in [3.05, 3.63) is 46.8 Å². The second-order valence-corrected chi connectivity index (χ2v) is 4.50. The summed E-state index contributed by atoms with van der Waals surface area (Å²) in [6, 6.07) is 3.35. The van der Waals surface area contributed by atoms with Gasteiger partial charge in [-0.2, -0.15) is 10.4 Å². The highest BCUT2D eigenvalue weighted by atomic mass is 19.1. The molecule has 3 heterocycles. The van der Waals surface area contributed by atoms with Crippen LogP contribution in [-0.2, 0) is 0 Å². The van der Waals surface area contributed by atoms with Gasteiger partial charge in [-0.3, -0.25) is 14.3 Å². The summed E-state index contributed by atoms with van der Waals surface area (Å²) < 4.78 is 15.4. The normalized spacial score (nSPS) is 9.96. The van der Waals surface area contributed by atoms with E-state index >= 15 is 0 Å². The second-order valence-electron chi connectivity index (χ2n) is 4.50. The summed E-state index contributed by atoms with van der Waals surface area (Å²) in [7, 11) is 1.62. The molecule has 0 saturated heterocycles. The predicted molar refractivity (Wildman–Crippen MR) is 79.4 cm³/mol.